The van der Waals surface area contributed by atoms with Gasteiger partial charge in [0.2, 0.25) is 11.8 Å². The zero-order valence-electron chi connectivity index (χ0n) is 11.7. The maximum absolute atomic E-state index is 12.5. The minimum atomic E-state index is -0.452. The summed E-state index contributed by atoms with van der Waals surface area (Å²) in [5, 5.41) is 6.52. The van der Waals surface area contributed by atoms with Crippen LogP contribution in [0, 0.1) is 13.8 Å². The third-order valence-electron chi connectivity index (χ3n) is 3.50. The first-order valence-corrected chi connectivity index (χ1v) is 7.40. The van der Waals surface area contributed by atoms with Crippen molar-refractivity contribution in [2.45, 2.75) is 30.7 Å². The lowest BCUT2D eigenvalue weighted by Gasteiger charge is -2.16. The largest absolute Gasteiger partial charge is 0.274 e. The zero-order chi connectivity index (χ0) is 15.0. The lowest BCUT2D eigenvalue weighted by atomic mass is 10.1. The molecule has 0 aliphatic carbocycles. The van der Waals surface area contributed by atoms with E-state index in [-0.39, 0.29) is 18.2 Å². The second kappa shape index (κ2) is 5.33. The Bertz CT molecular complexity index is 699. The molecule has 1 aromatic heterocycles. The molecule has 6 nitrogen and oxygen atoms in total. The average Bonchev–Trinajstić information content (AvgIpc) is 3.03. The lowest BCUT2D eigenvalue weighted by molar-refractivity contribution is -0.121. The number of aromatic amines is 1. The van der Waals surface area contributed by atoms with Crippen LogP contribution in [-0.4, -0.2) is 32.2 Å². The van der Waals surface area contributed by atoms with Crippen LogP contribution in [0.3, 0.4) is 0 Å². The molecule has 2 heterocycles. The van der Waals surface area contributed by atoms with E-state index in [9.17, 15) is 9.59 Å². The molecule has 1 aliphatic heterocycles. The molecule has 21 heavy (non-hydrogen) atoms. The zero-order valence-corrected chi connectivity index (χ0v) is 12.5. The van der Waals surface area contributed by atoms with Gasteiger partial charge in [0.15, 0.2) is 5.16 Å². The predicted molar refractivity (Wildman–Crippen MR) is 79.1 cm³/mol. The molecule has 1 aliphatic rings. The number of thioether (sulfide) groups is 1. The fourth-order valence-electron chi connectivity index (χ4n) is 2.22. The van der Waals surface area contributed by atoms with Crippen molar-refractivity contribution in [2.24, 2.45) is 0 Å². The fourth-order valence-corrected chi connectivity index (χ4v) is 3.13. The first kappa shape index (κ1) is 13.8. The van der Waals surface area contributed by atoms with Gasteiger partial charge in [-0.05, 0) is 37.1 Å². The molecule has 108 valence electrons. The molecule has 2 aromatic rings. The predicted octanol–water partition coefficient (Wildman–Crippen LogP) is 1.85. The van der Waals surface area contributed by atoms with Crippen molar-refractivity contribution >= 4 is 29.3 Å². The van der Waals surface area contributed by atoms with Crippen LogP contribution in [0.2, 0.25) is 0 Å². The number of aryl methyl sites for hydroxylation is 2. The number of amides is 2. The Hall–Kier alpha value is -2.15. The standard InChI is InChI=1S/C14H14N4O2S/c1-8-3-4-10(5-9(8)2)18-12(19)6-11(13(18)20)21-14-15-7-16-17-14/h3-5,7,11H,6H2,1-2H3,(H,15,16,17)/t11-/m1/s1. The minimum Gasteiger partial charge on any atom is -0.274 e. The number of aromatic nitrogens is 3. The van der Waals surface area contributed by atoms with Crippen molar-refractivity contribution in [3.8, 4) is 0 Å². The van der Waals surface area contributed by atoms with Crippen LogP contribution in [0.5, 0.6) is 0 Å². The number of nitrogens with one attached hydrogen (secondary N) is 1. The smallest absolute Gasteiger partial charge is 0.247 e. The van der Waals surface area contributed by atoms with Crippen molar-refractivity contribution in [2.75, 3.05) is 4.90 Å². The van der Waals surface area contributed by atoms with E-state index >= 15 is 0 Å². The van der Waals surface area contributed by atoms with Crippen molar-refractivity contribution < 1.29 is 9.59 Å². The molecule has 1 fully saturated rings. The summed E-state index contributed by atoms with van der Waals surface area (Å²) in [7, 11) is 0. The summed E-state index contributed by atoms with van der Waals surface area (Å²) >= 11 is 1.23. The fraction of sp³-hybridized carbons (Fsp3) is 0.286. The molecule has 0 unspecified atom stereocenters. The summed E-state index contributed by atoms with van der Waals surface area (Å²) in [5.74, 6) is -0.384. The molecule has 7 heteroatoms. The van der Waals surface area contributed by atoms with Crippen molar-refractivity contribution in [3.63, 3.8) is 0 Å². The van der Waals surface area contributed by atoms with Gasteiger partial charge in [-0.3, -0.25) is 14.7 Å². The quantitative estimate of drug-likeness (QED) is 0.875. The molecule has 0 spiro atoms. The topological polar surface area (TPSA) is 79.0 Å². The number of hydrogen-bond acceptors (Lipinski definition) is 5. The molecule has 0 radical (unpaired) electrons. The molecule has 0 saturated carbocycles. The van der Waals surface area contributed by atoms with Gasteiger partial charge in [-0.25, -0.2) is 9.88 Å². The number of anilines is 1. The first-order valence-electron chi connectivity index (χ1n) is 6.52. The molecule has 1 aromatic carbocycles. The average molecular weight is 302 g/mol. The van der Waals surface area contributed by atoms with Crippen LogP contribution in [-0.2, 0) is 9.59 Å². The number of nitrogens with zero attached hydrogens (tertiary/aromatic N) is 3. The minimum absolute atomic E-state index is 0.178. The summed E-state index contributed by atoms with van der Waals surface area (Å²) in [6.07, 6.45) is 1.56. The molecule has 1 atom stereocenters. The van der Waals surface area contributed by atoms with E-state index in [4.69, 9.17) is 0 Å². The van der Waals surface area contributed by atoms with E-state index < -0.39 is 5.25 Å². The Morgan fingerprint density at radius 2 is 2.10 bits per heavy atom. The first-order chi connectivity index (χ1) is 10.1. The Labute approximate surface area is 125 Å². The van der Waals surface area contributed by atoms with Crippen LogP contribution in [0.1, 0.15) is 17.5 Å². The molecular formula is C14H14N4O2S. The number of imide groups is 1. The number of carbonyl (C=O) groups is 2. The maximum atomic E-state index is 12.5. The Morgan fingerprint density at radius 3 is 2.76 bits per heavy atom. The van der Waals surface area contributed by atoms with Crippen LogP contribution in [0.15, 0.2) is 29.7 Å². The van der Waals surface area contributed by atoms with Crippen molar-refractivity contribution in [1.82, 2.24) is 15.2 Å². The van der Waals surface area contributed by atoms with E-state index in [1.54, 1.807) is 6.07 Å². The number of benzene rings is 1. The molecule has 2 amide bonds. The van der Waals surface area contributed by atoms with Crippen LogP contribution >= 0.6 is 11.8 Å². The van der Waals surface area contributed by atoms with Crippen LogP contribution in [0.25, 0.3) is 0 Å². The second-order valence-electron chi connectivity index (χ2n) is 4.94. The Kier molecular flexibility index (Phi) is 3.50. The van der Waals surface area contributed by atoms with E-state index in [0.717, 1.165) is 11.1 Å². The number of carbonyl (C=O) groups excluding carboxylic acids is 2. The summed E-state index contributed by atoms with van der Waals surface area (Å²) in [5.41, 5.74) is 2.82. The van der Waals surface area contributed by atoms with Gasteiger partial charge in [0.25, 0.3) is 0 Å². The highest BCUT2D eigenvalue weighted by atomic mass is 32.2. The number of hydrogen-bond donors (Lipinski definition) is 1. The van der Waals surface area contributed by atoms with Gasteiger partial charge in [-0.1, -0.05) is 17.8 Å². The molecular weight excluding hydrogens is 288 g/mol. The van der Waals surface area contributed by atoms with Gasteiger partial charge in [0.1, 0.15) is 11.6 Å². The number of H-pyrrole nitrogens is 1. The SMILES string of the molecule is Cc1ccc(N2C(=O)C[C@@H](Sc3ncn[nH]3)C2=O)cc1C. The van der Waals surface area contributed by atoms with E-state index in [1.807, 2.05) is 26.0 Å². The summed E-state index contributed by atoms with van der Waals surface area (Å²) in [6, 6.07) is 5.59. The molecule has 3 rings (SSSR count). The van der Waals surface area contributed by atoms with E-state index in [1.165, 1.54) is 23.0 Å². The monoisotopic (exact) mass is 302 g/mol. The van der Waals surface area contributed by atoms with Gasteiger partial charge in [-0.15, -0.1) is 0 Å². The van der Waals surface area contributed by atoms with E-state index in [0.29, 0.717) is 10.8 Å². The number of rotatable bonds is 3. The highest BCUT2D eigenvalue weighted by Crippen LogP contribution is 2.32. The van der Waals surface area contributed by atoms with Gasteiger partial charge in [0, 0.05) is 6.42 Å². The maximum Gasteiger partial charge on any atom is 0.247 e. The Morgan fingerprint density at radius 1 is 1.29 bits per heavy atom. The molecule has 1 saturated heterocycles. The highest BCUT2D eigenvalue weighted by molar-refractivity contribution is 8.00. The van der Waals surface area contributed by atoms with Gasteiger partial charge >= 0.3 is 0 Å². The lowest BCUT2D eigenvalue weighted by Crippen LogP contribution is -2.31. The molecule has 0 bridgehead atoms. The third kappa shape index (κ3) is 2.56. The summed E-state index contributed by atoms with van der Waals surface area (Å²) in [6.45, 7) is 3.96. The van der Waals surface area contributed by atoms with Gasteiger partial charge in [-0.2, -0.15) is 5.10 Å². The van der Waals surface area contributed by atoms with Crippen molar-refractivity contribution in [1.29, 1.82) is 0 Å². The molecule has 1 N–H and O–H groups in total. The summed E-state index contributed by atoms with van der Waals surface area (Å²) < 4.78 is 0. The van der Waals surface area contributed by atoms with Crippen molar-refractivity contribution in [3.05, 3.63) is 35.7 Å². The van der Waals surface area contributed by atoms with Gasteiger partial charge in [0.05, 0.1) is 5.69 Å². The van der Waals surface area contributed by atoms with Crippen LogP contribution < -0.4 is 4.90 Å². The van der Waals surface area contributed by atoms with E-state index in [2.05, 4.69) is 15.2 Å². The summed E-state index contributed by atoms with van der Waals surface area (Å²) in [4.78, 5) is 29.9. The van der Waals surface area contributed by atoms with Crippen LogP contribution in [0.4, 0.5) is 5.69 Å². The second-order valence-corrected chi connectivity index (χ2v) is 6.13. The Balaban J connectivity index is 1.84. The third-order valence-corrected chi connectivity index (χ3v) is 4.57. The van der Waals surface area contributed by atoms with Gasteiger partial charge < -0.3 is 0 Å². The normalized spacial score (nSPS) is 18.6. The highest BCUT2D eigenvalue weighted by Gasteiger charge is 2.40.